The van der Waals surface area contributed by atoms with Crippen LogP contribution in [0.3, 0.4) is 0 Å². The Labute approximate surface area is 197 Å². The Morgan fingerprint density at radius 1 is 0.971 bits per heavy atom. The number of aromatic amines is 1. The number of hydrogen-bond donors (Lipinski definition) is 1. The van der Waals surface area contributed by atoms with Gasteiger partial charge in [-0.3, -0.25) is 9.59 Å². The highest BCUT2D eigenvalue weighted by Crippen LogP contribution is 2.16. The van der Waals surface area contributed by atoms with Crippen LogP contribution in [-0.4, -0.2) is 76.7 Å². The molecule has 0 saturated carbocycles. The van der Waals surface area contributed by atoms with Gasteiger partial charge in [-0.05, 0) is 30.3 Å². The van der Waals surface area contributed by atoms with Gasteiger partial charge in [0.2, 0.25) is 0 Å². The Morgan fingerprint density at radius 2 is 1.62 bits per heavy atom. The Hall–Kier alpha value is -3.28. The van der Waals surface area contributed by atoms with E-state index in [0.29, 0.717) is 24.3 Å². The predicted octanol–water partition coefficient (Wildman–Crippen LogP) is 1.02. The van der Waals surface area contributed by atoms with Crippen molar-refractivity contribution >= 4 is 27.0 Å². The van der Waals surface area contributed by atoms with Gasteiger partial charge in [-0.1, -0.05) is 32.0 Å². The molecule has 0 bridgehead atoms. The number of H-pyrrole nitrogens is 1. The third kappa shape index (κ3) is 4.29. The number of rotatable bonds is 6. The minimum Gasteiger partial charge on any atom is -0.336 e. The van der Waals surface area contributed by atoms with Crippen molar-refractivity contribution in [2.24, 2.45) is 0 Å². The van der Waals surface area contributed by atoms with Crippen molar-refractivity contribution < 1.29 is 13.2 Å². The van der Waals surface area contributed by atoms with Crippen molar-refractivity contribution in [1.82, 2.24) is 23.1 Å². The van der Waals surface area contributed by atoms with Gasteiger partial charge in [0.25, 0.3) is 21.7 Å². The number of para-hydroxylation sites is 1. The summed E-state index contributed by atoms with van der Waals surface area (Å²) >= 11 is 0. The quantitative estimate of drug-likeness (QED) is 0.560. The van der Waals surface area contributed by atoms with Gasteiger partial charge in [0.05, 0.1) is 16.6 Å². The standard InChI is InChI=1S/C23H27N5O5S/c1-3-26(4-2)34(32,33)27-14-12-25(13-15-27)21(29)17-10-11-19-20(16-17)24-23(31)28(22(19)30)18-8-6-5-7-9-18/h5-11,16H,3-4,12-15H2,1-2H3,(H,24,31). The number of carbonyl (C=O) groups excluding carboxylic acids is 1. The lowest BCUT2D eigenvalue weighted by molar-refractivity contribution is 0.0694. The summed E-state index contributed by atoms with van der Waals surface area (Å²) in [4.78, 5) is 42.9. The maximum atomic E-state index is 13.1. The summed E-state index contributed by atoms with van der Waals surface area (Å²) in [5, 5.41) is 0.287. The molecule has 3 aromatic rings. The first-order valence-corrected chi connectivity index (χ1v) is 12.6. The molecule has 1 N–H and O–H groups in total. The highest BCUT2D eigenvalue weighted by atomic mass is 32.2. The van der Waals surface area contributed by atoms with Crippen LogP contribution < -0.4 is 11.2 Å². The van der Waals surface area contributed by atoms with E-state index in [4.69, 9.17) is 0 Å². The summed E-state index contributed by atoms with van der Waals surface area (Å²) in [7, 11) is -3.55. The van der Waals surface area contributed by atoms with E-state index in [-0.39, 0.29) is 43.0 Å². The molecular weight excluding hydrogens is 458 g/mol. The predicted molar refractivity (Wildman–Crippen MR) is 129 cm³/mol. The van der Waals surface area contributed by atoms with E-state index in [9.17, 15) is 22.8 Å². The largest absolute Gasteiger partial charge is 0.336 e. The van der Waals surface area contributed by atoms with Crippen LogP contribution in [0.2, 0.25) is 0 Å². The Kier molecular flexibility index (Phi) is 6.69. The minimum atomic E-state index is -3.55. The van der Waals surface area contributed by atoms with Crippen LogP contribution in [-0.2, 0) is 10.2 Å². The molecule has 1 amide bonds. The van der Waals surface area contributed by atoms with Crippen molar-refractivity contribution in [3.63, 3.8) is 0 Å². The van der Waals surface area contributed by atoms with E-state index in [0.717, 1.165) is 4.57 Å². The van der Waals surface area contributed by atoms with E-state index in [2.05, 4.69) is 4.98 Å². The normalized spacial score (nSPS) is 15.2. The molecule has 4 rings (SSSR count). The van der Waals surface area contributed by atoms with Crippen LogP contribution in [0.25, 0.3) is 16.6 Å². The number of nitrogens with one attached hydrogen (secondary N) is 1. The van der Waals surface area contributed by atoms with E-state index in [1.165, 1.54) is 20.7 Å². The van der Waals surface area contributed by atoms with Crippen LogP contribution in [0.1, 0.15) is 24.2 Å². The second kappa shape index (κ2) is 9.53. The van der Waals surface area contributed by atoms with Gasteiger partial charge in [-0.2, -0.15) is 17.0 Å². The lowest BCUT2D eigenvalue weighted by atomic mass is 10.1. The number of carbonyl (C=O) groups is 1. The molecule has 2 heterocycles. The number of amides is 1. The number of fused-ring (bicyclic) bond motifs is 1. The van der Waals surface area contributed by atoms with Crippen LogP contribution in [0, 0.1) is 0 Å². The molecule has 0 aliphatic carbocycles. The minimum absolute atomic E-state index is 0.205. The molecule has 10 nitrogen and oxygen atoms in total. The first kappa shape index (κ1) is 23.9. The summed E-state index contributed by atoms with van der Waals surface area (Å²) in [5.41, 5.74) is -0.0214. The highest BCUT2D eigenvalue weighted by molar-refractivity contribution is 7.86. The number of nitrogens with zero attached hydrogens (tertiary/aromatic N) is 4. The molecule has 180 valence electrons. The zero-order valence-corrected chi connectivity index (χ0v) is 19.9. The molecule has 34 heavy (non-hydrogen) atoms. The molecule has 0 radical (unpaired) electrons. The third-order valence-electron chi connectivity index (χ3n) is 6.04. The van der Waals surface area contributed by atoms with Gasteiger partial charge in [0.15, 0.2) is 0 Å². The fourth-order valence-corrected chi connectivity index (χ4v) is 5.78. The molecule has 2 aromatic carbocycles. The van der Waals surface area contributed by atoms with Gasteiger partial charge < -0.3 is 9.88 Å². The van der Waals surface area contributed by atoms with Crippen LogP contribution in [0.15, 0.2) is 58.1 Å². The average Bonchev–Trinajstić information content (AvgIpc) is 2.84. The summed E-state index contributed by atoms with van der Waals surface area (Å²) in [6.45, 7) is 5.28. The van der Waals surface area contributed by atoms with E-state index >= 15 is 0 Å². The first-order chi connectivity index (χ1) is 16.3. The fraction of sp³-hybridized carbons (Fsp3) is 0.348. The number of piperazine rings is 1. The van der Waals surface area contributed by atoms with Crippen molar-refractivity contribution in [2.45, 2.75) is 13.8 Å². The summed E-state index contributed by atoms with van der Waals surface area (Å²) in [6.07, 6.45) is 0. The Bertz CT molecular complexity index is 1420. The summed E-state index contributed by atoms with van der Waals surface area (Å²) in [5.74, 6) is -0.283. The molecular formula is C23H27N5O5S. The van der Waals surface area contributed by atoms with Crippen LogP contribution in [0.4, 0.5) is 0 Å². The molecule has 1 aliphatic rings. The smallest absolute Gasteiger partial charge is 0.333 e. The summed E-state index contributed by atoms with van der Waals surface area (Å²) < 4.78 is 29.3. The van der Waals surface area contributed by atoms with Gasteiger partial charge in [0, 0.05) is 44.8 Å². The Morgan fingerprint density at radius 3 is 2.24 bits per heavy atom. The molecule has 11 heteroatoms. The Balaban J connectivity index is 1.56. The molecule has 1 saturated heterocycles. The van der Waals surface area contributed by atoms with Crippen LogP contribution >= 0.6 is 0 Å². The zero-order chi connectivity index (χ0) is 24.5. The van der Waals surface area contributed by atoms with E-state index in [1.807, 2.05) is 0 Å². The summed E-state index contributed by atoms with van der Waals surface area (Å²) in [6, 6.07) is 13.2. The monoisotopic (exact) mass is 485 g/mol. The van der Waals surface area contributed by atoms with Crippen molar-refractivity contribution in [3.05, 3.63) is 74.9 Å². The average molecular weight is 486 g/mol. The third-order valence-corrected chi connectivity index (χ3v) is 8.23. The second-order valence-corrected chi connectivity index (χ2v) is 9.88. The number of benzene rings is 2. The van der Waals surface area contributed by atoms with E-state index in [1.54, 1.807) is 55.1 Å². The zero-order valence-electron chi connectivity index (χ0n) is 19.1. The topological polar surface area (TPSA) is 116 Å². The van der Waals surface area contributed by atoms with Gasteiger partial charge >= 0.3 is 5.69 Å². The van der Waals surface area contributed by atoms with Gasteiger partial charge in [-0.25, -0.2) is 9.36 Å². The highest BCUT2D eigenvalue weighted by Gasteiger charge is 2.32. The SMILES string of the molecule is CCN(CC)S(=O)(=O)N1CCN(C(=O)c2ccc3c(=O)n(-c4ccccc4)c(=O)[nH]c3c2)CC1. The molecule has 0 atom stereocenters. The molecule has 1 aliphatic heterocycles. The molecule has 0 spiro atoms. The van der Waals surface area contributed by atoms with Gasteiger partial charge in [0.1, 0.15) is 0 Å². The molecule has 1 fully saturated rings. The van der Waals surface area contributed by atoms with Crippen molar-refractivity contribution in [1.29, 1.82) is 0 Å². The molecule has 1 aromatic heterocycles. The lowest BCUT2D eigenvalue weighted by Gasteiger charge is -2.36. The van der Waals surface area contributed by atoms with Crippen molar-refractivity contribution in [2.75, 3.05) is 39.3 Å². The molecule has 0 unspecified atom stereocenters. The van der Waals surface area contributed by atoms with E-state index < -0.39 is 21.5 Å². The number of hydrogen-bond acceptors (Lipinski definition) is 5. The maximum Gasteiger partial charge on any atom is 0.333 e. The van der Waals surface area contributed by atoms with Crippen LogP contribution in [0.5, 0.6) is 0 Å². The van der Waals surface area contributed by atoms with Gasteiger partial charge in [-0.15, -0.1) is 0 Å². The second-order valence-electron chi connectivity index (χ2n) is 7.95. The first-order valence-electron chi connectivity index (χ1n) is 11.2. The maximum absolute atomic E-state index is 13.1. The number of aromatic nitrogens is 2. The lowest BCUT2D eigenvalue weighted by Crippen LogP contribution is -2.54. The fourth-order valence-electron chi connectivity index (χ4n) is 4.18. The van der Waals surface area contributed by atoms with Crippen molar-refractivity contribution in [3.8, 4) is 5.69 Å².